The van der Waals surface area contributed by atoms with Gasteiger partial charge in [0, 0.05) is 50.6 Å². The van der Waals surface area contributed by atoms with Crippen LogP contribution in [0.25, 0.3) is 0 Å². The van der Waals surface area contributed by atoms with E-state index in [9.17, 15) is 0 Å². The second-order valence-electron chi connectivity index (χ2n) is 0. The molecule has 4 radical (unpaired) electrons. The summed E-state index contributed by atoms with van der Waals surface area (Å²) in [5, 5.41) is 0. The molecule has 0 atom stereocenters. The maximum Gasteiger partial charge on any atom is 0 e. The van der Waals surface area contributed by atoms with Crippen molar-refractivity contribution in [3.8, 4) is 0 Å². The Morgan fingerprint density at radius 2 is 1.00 bits per heavy atom. The SMILES string of the molecule is C.[Al].[Co].[Ni]. The normalized spacial score (nSPS) is 0. The summed E-state index contributed by atoms with van der Waals surface area (Å²) in [5.41, 5.74) is 0. The summed E-state index contributed by atoms with van der Waals surface area (Å²) in [6.07, 6.45) is 0. The van der Waals surface area contributed by atoms with E-state index in [0.29, 0.717) is 0 Å². The summed E-state index contributed by atoms with van der Waals surface area (Å²) in [6, 6.07) is 0. The largest absolute Gasteiger partial charge is 0.0776 e. The Hall–Kier alpha value is 1.53. The first-order chi connectivity index (χ1) is 0. The van der Waals surface area contributed by atoms with Gasteiger partial charge in [-0.2, -0.15) is 0 Å². The van der Waals surface area contributed by atoms with Crippen LogP contribution in [-0.4, -0.2) is 17.4 Å². The Labute approximate surface area is 58.0 Å². The zero-order valence-corrected chi connectivity index (χ0v) is 4.41. The molecule has 0 aromatic heterocycles. The van der Waals surface area contributed by atoms with Crippen molar-refractivity contribution in [3.05, 3.63) is 0 Å². The summed E-state index contributed by atoms with van der Waals surface area (Å²) >= 11 is 0. The van der Waals surface area contributed by atoms with E-state index in [-0.39, 0.29) is 58.1 Å². The van der Waals surface area contributed by atoms with Crippen molar-refractivity contribution in [2.24, 2.45) is 0 Å². The minimum absolute atomic E-state index is 0. The summed E-state index contributed by atoms with van der Waals surface area (Å²) in [4.78, 5) is 0. The van der Waals surface area contributed by atoms with Gasteiger partial charge in [-0.15, -0.1) is 0 Å². The van der Waals surface area contributed by atoms with E-state index in [4.69, 9.17) is 0 Å². The van der Waals surface area contributed by atoms with Crippen LogP contribution in [0.5, 0.6) is 0 Å². The molecule has 0 aromatic rings. The standard InChI is InChI=1S/CH4.Al.Co.Ni/h1H4;;;. The fourth-order valence-electron chi connectivity index (χ4n) is 0. The minimum Gasteiger partial charge on any atom is -0.0776 e. The molecule has 0 spiro atoms. The van der Waals surface area contributed by atoms with E-state index in [1.807, 2.05) is 0 Å². The third-order valence-corrected chi connectivity index (χ3v) is 0. The molecule has 0 nitrogen and oxygen atoms in total. The van der Waals surface area contributed by atoms with Gasteiger partial charge in [0.2, 0.25) is 0 Å². The monoisotopic (exact) mass is 160 g/mol. The van der Waals surface area contributed by atoms with Crippen molar-refractivity contribution in [2.45, 2.75) is 7.43 Å². The molecular weight excluding hydrogens is 157 g/mol. The third kappa shape index (κ3) is 9.65. The second kappa shape index (κ2) is 24.1. The van der Waals surface area contributed by atoms with Crippen LogP contribution >= 0.6 is 0 Å². The average Bonchev–Trinajstić information content (AvgIpc) is 0. The summed E-state index contributed by atoms with van der Waals surface area (Å²) < 4.78 is 0. The molecule has 0 amide bonds. The molecule has 0 rings (SSSR count). The van der Waals surface area contributed by atoms with Gasteiger partial charge in [0.25, 0.3) is 0 Å². The van der Waals surface area contributed by atoms with Crippen molar-refractivity contribution >= 4 is 17.4 Å². The van der Waals surface area contributed by atoms with Crippen molar-refractivity contribution in [2.75, 3.05) is 0 Å². The van der Waals surface area contributed by atoms with Crippen LogP contribution in [0.2, 0.25) is 0 Å². The van der Waals surface area contributed by atoms with Gasteiger partial charge >= 0.3 is 0 Å². The Balaban J connectivity index is 0. The fraction of sp³-hybridized carbons (Fsp3) is 1.00. The molecule has 4 heavy (non-hydrogen) atoms. The van der Waals surface area contributed by atoms with Gasteiger partial charge in [0.15, 0.2) is 0 Å². The van der Waals surface area contributed by atoms with Gasteiger partial charge in [-0.1, -0.05) is 7.43 Å². The fourth-order valence-corrected chi connectivity index (χ4v) is 0. The van der Waals surface area contributed by atoms with E-state index in [2.05, 4.69) is 0 Å². The summed E-state index contributed by atoms with van der Waals surface area (Å²) in [6.45, 7) is 0. The molecule has 0 heterocycles. The van der Waals surface area contributed by atoms with Gasteiger partial charge in [-0.25, -0.2) is 0 Å². The zero-order valence-electron chi connectivity index (χ0n) is 1.23. The zero-order chi connectivity index (χ0) is 0. The number of hydrogen-bond acceptors (Lipinski definition) is 0. The van der Waals surface area contributed by atoms with Crippen LogP contribution in [0.3, 0.4) is 0 Å². The summed E-state index contributed by atoms with van der Waals surface area (Å²) in [7, 11) is 0. The number of hydrogen-bond donors (Lipinski definition) is 0. The van der Waals surface area contributed by atoms with Gasteiger partial charge in [-0.05, 0) is 0 Å². The molecular formula is CH4AlCoNi. The first-order valence-corrected chi connectivity index (χ1v) is 0. The van der Waals surface area contributed by atoms with Crippen LogP contribution in [0, 0.1) is 0 Å². The Morgan fingerprint density at radius 1 is 1.00 bits per heavy atom. The average molecular weight is 161 g/mol. The minimum atomic E-state index is 0. The maximum absolute atomic E-state index is 0. The predicted octanol–water partition coefficient (Wildman–Crippen LogP) is 0.250. The van der Waals surface area contributed by atoms with E-state index < -0.39 is 0 Å². The molecule has 0 N–H and O–H groups in total. The first-order valence-electron chi connectivity index (χ1n) is 0. The molecule has 0 aliphatic rings. The first kappa shape index (κ1) is 48.4. The van der Waals surface area contributed by atoms with Gasteiger partial charge < -0.3 is 0 Å². The Kier molecular flexibility index (Phi) is 291. The van der Waals surface area contributed by atoms with Crippen molar-refractivity contribution in [1.82, 2.24) is 0 Å². The topological polar surface area (TPSA) is 0 Å². The predicted molar refractivity (Wildman–Crippen MR) is 12.5 cm³/mol. The molecule has 0 saturated carbocycles. The van der Waals surface area contributed by atoms with Gasteiger partial charge in [-0.3, -0.25) is 0 Å². The third-order valence-electron chi connectivity index (χ3n) is 0. The van der Waals surface area contributed by atoms with Crippen molar-refractivity contribution < 1.29 is 33.3 Å². The molecule has 0 bridgehead atoms. The van der Waals surface area contributed by atoms with Crippen LogP contribution in [0.1, 0.15) is 7.43 Å². The van der Waals surface area contributed by atoms with E-state index in [1.54, 1.807) is 0 Å². The Morgan fingerprint density at radius 3 is 1.00 bits per heavy atom. The number of rotatable bonds is 0. The van der Waals surface area contributed by atoms with E-state index in [0.717, 1.165) is 0 Å². The quantitative estimate of drug-likeness (QED) is 0.446. The van der Waals surface area contributed by atoms with Crippen LogP contribution < -0.4 is 0 Å². The van der Waals surface area contributed by atoms with Gasteiger partial charge in [0.1, 0.15) is 0 Å². The molecule has 0 fully saturated rings. The maximum atomic E-state index is 0. The van der Waals surface area contributed by atoms with Crippen LogP contribution in [-0.2, 0) is 33.3 Å². The molecule has 0 aliphatic carbocycles. The van der Waals surface area contributed by atoms with Crippen LogP contribution in [0.4, 0.5) is 0 Å². The van der Waals surface area contributed by atoms with Gasteiger partial charge in [0.05, 0.1) is 0 Å². The smallest absolute Gasteiger partial charge is 0 e. The van der Waals surface area contributed by atoms with Crippen LogP contribution in [0.15, 0.2) is 0 Å². The molecule has 0 aliphatic heterocycles. The summed E-state index contributed by atoms with van der Waals surface area (Å²) in [5.74, 6) is 0. The molecule has 30 valence electrons. The van der Waals surface area contributed by atoms with Crippen molar-refractivity contribution in [1.29, 1.82) is 0 Å². The second-order valence-corrected chi connectivity index (χ2v) is 0. The molecule has 3 heteroatoms. The molecule has 0 aromatic carbocycles. The van der Waals surface area contributed by atoms with E-state index in [1.165, 1.54) is 0 Å². The van der Waals surface area contributed by atoms with E-state index >= 15 is 0 Å². The Bertz CT molecular complexity index is 8.00. The van der Waals surface area contributed by atoms with Crippen molar-refractivity contribution in [3.63, 3.8) is 0 Å². The molecule has 0 saturated heterocycles. The molecule has 0 unspecified atom stereocenters.